The first-order valence-corrected chi connectivity index (χ1v) is 6.88. The molecule has 94 valence electrons. The van der Waals surface area contributed by atoms with E-state index in [2.05, 4.69) is 21.2 Å². The van der Waals surface area contributed by atoms with E-state index in [1.165, 1.54) is 0 Å². The molecule has 0 fully saturated rings. The number of halogens is 1. The third kappa shape index (κ3) is 2.47. The van der Waals surface area contributed by atoms with Gasteiger partial charge in [-0.05, 0) is 29.3 Å². The number of fused-ring (bicyclic) bond motifs is 1. The van der Waals surface area contributed by atoms with Gasteiger partial charge >= 0.3 is 0 Å². The molecule has 0 spiro atoms. The monoisotopic (exact) mass is 313 g/mol. The van der Waals surface area contributed by atoms with Crippen molar-refractivity contribution in [2.45, 2.75) is 6.42 Å². The Hall–Kier alpha value is -1.87. The van der Waals surface area contributed by atoms with Gasteiger partial charge in [0.05, 0.1) is 0 Å². The van der Waals surface area contributed by atoms with Crippen LogP contribution in [-0.4, -0.2) is 5.91 Å². The summed E-state index contributed by atoms with van der Waals surface area (Å²) in [5.41, 5.74) is 3.87. The van der Waals surface area contributed by atoms with Gasteiger partial charge in [0.15, 0.2) is 0 Å². The molecular weight excluding hydrogens is 302 g/mol. The number of para-hydroxylation sites is 1. The number of nitrogens with one attached hydrogen (secondary N) is 1. The van der Waals surface area contributed by atoms with Crippen molar-refractivity contribution in [1.82, 2.24) is 0 Å². The SMILES string of the molecule is O=C1Nc2ccccc2C/C1=C\c1ccccc1Br. The van der Waals surface area contributed by atoms with Crippen LogP contribution in [0.5, 0.6) is 0 Å². The van der Waals surface area contributed by atoms with Gasteiger partial charge in [-0.1, -0.05) is 52.3 Å². The van der Waals surface area contributed by atoms with Crippen molar-refractivity contribution >= 4 is 33.6 Å². The second-order valence-corrected chi connectivity index (χ2v) is 5.33. The summed E-state index contributed by atoms with van der Waals surface area (Å²) in [4.78, 5) is 12.1. The van der Waals surface area contributed by atoms with E-state index in [1.807, 2.05) is 54.6 Å². The quantitative estimate of drug-likeness (QED) is 0.791. The molecule has 1 N–H and O–H groups in total. The molecule has 2 aromatic carbocycles. The maximum absolute atomic E-state index is 12.1. The van der Waals surface area contributed by atoms with Crippen LogP contribution in [0.25, 0.3) is 6.08 Å². The summed E-state index contributed by atoms with van der Waals surface area (Å²) in [6, 6.07) is 15.8. The first kappa shape index (κ1) is 12.2. The number of rotatable bonds is 1. The summed E-state index contributed by atoms with van der Waals surface area (Å²) < 4.78 is 0.995. The molecule has 0 unspecified atom stereocenters. The number of carbonyl (C=O) groups is 1. The molecule has 0 aliphatic carbocycles. The number of hydrogen-bond acceptors (Lipinski definition) is 1. The van der Waals surface area contributed by atoms with Gasteiger partial charge in [-0.15, -0.1) is 0 Å². The van der Waals surface area contributed by atoms with Gasteiger partial charge in [0.1, 0.15) is 0 Å². The first-order valence-electron chi connectivity index (χ1n) is 6.08. The minimum atomic E-state index is -0.0190. The lowest BCUT2D eigenvalue weighted by Crippen LogP contribution is -2.22. The number of carbonyl (C=O) groups excluding carboxylic acids is 1. The molecule has 2 aromatic rings. The van der Waals surface area contributed by atoms with Crippen molar-refractivity contribution in [2.24, 2.45) is 0 Å². The third-order valence-corrected chi connectivity index (χ3v) is 3.90. The second kappa shape index (κ2) is 5.02. The molecule has 0 radical (unpaired) electrons. The summed E-state index contributed by atoms with van der Waals surface area (Å²) in [7, 11) is 0. The second-order valence-electron chi connectivity index (χ2n) is 4.48. The zero-order valence-corrected chi connectivity index (χ0v) is 11.8. The van der Waals surface area contributed by atoms with Gasteiger partial charge in [0.2, 0.25) is 0 Å². The van der Waals surface area contributed by atoms with Crippen molar-refractivity contribution in [2.75, 3.05) is 5.32 Å². The Morgan fingerprint density at radius 1 is 1.05 bits per heavy atom. The topological polar surface area (TPSA) is 29.1 Å². The van der Waals surface area contributed by atoms with Crippen LogP contribution in [0.3, 0.4) is 0 Å². The van der Waals surface area contributed by atoms with Gasteiger partial charge in [-0.2, -0.15) is 0 Å². The Bertz CT molecular complexity index is 676. The number of anilines is 1. The fraction of sp³-hybridized carbons (Fsp3) is 0.0625. The van der Waals surface area contributed by atoms with Crippen LogP contribution >= 0.6 is 15.9 Å². The molecule has 0 saturated heterocycles. The van der Waals surface area contributed by atoms with Gasteiger partial charge in [0.25, 0.3) is 5.91 Å². The third-order valence-electron chi connectivity index (χ3n) is 3.17. The molecule has 3 rings (SSSR count). The van der Waals surface area contributed by atoms with E-state index < -0.39 is 0 Å². The first-order chi connectivity index (χ1) is 9.24. The number of hydrogen-bond donors (Lipinski definition) is 1. The summed E-state index contributed by atoms with van der Waals surface area (Å²) in [5, 5.41) is 2.93. The molecule has 1 heterocycles. The van der Waals surface area contributed by atoms with Crippen LogP contribution in [0.15, 0.2) is 58.6 Å². The molecule has 0 aromatic heterocycles. The lowest BCUT2D eigenvalue weighted by molar-refractivity contribution is -0.113. The predicted octanol–water partition coefficient (Wildman–Crippen LogP) is 4.03. The van der Waals surface area contributed by atoms with Gasteiger partial charge in [0, 0.05) is 22.2 Å². The maximum atomic E-state index is 12.1. The Balaban J connectivity index is 1.99. The van der Waals surface area contributed by atoms with E-state index in [9.17, 15) is 4.79 Å². The Kier molecular flexibility index (Phi) is 3.22. The average molecular weight is 314 g/mol. The fourth-order valence-corrected chi connectivity index (χ4v) is 2.58. The molecule has 0 saturated carbocycles. The molecule has 0 atom stereocenters. The molecule has 3 heteroatoms. The highest BCUT2D eigenvalue weighted by molar-refractivity contribution is 9.10. The summed E-state index contributed by atoms with van der Waals surface area (Å²) in [6.45, 7) is 0. The van der Waals surface area contributed by atoms with E-state index >= 15 is 0 Å². The van der Waals surface area contributed by atoms with Crippen LogP contribution in [0, 0.1) is 0 Å². The predicted molar refractivity (Wildman–Crippen MR) is 80.9 cm³/mol. The van der Waals surface area contributed by atoms with Crippen molar-refractivity contribution in [1.29, 1.82) is 0 Å². The Morgan fingerprint density at radius 2 is 1.79 bits per heavy atom. The zero-order chi connectivity index (χ0) is 13.2. The van der Waals surface area contributed by atoms with Crippen LogP contribution in [0.1, 0.15) is 11.1 Å². The molecule has 1 amide bonds. The van der Waals surface area contributed by atoms with Crippen LogP contribution in [-0.2, 0) is 11.2 Å². The smallest absolute Gasteiger partial charge is 0.251 e. The standard InChI is InChI=1S/C16H12BrNO/c17-14-7-3-1-5-11(14)9-13-10-12-6-2-4-8-15(12)18-16(13)19/h1-9H,10H2,(H,18,19)/b13-9+. The molecule has 2 nitrogen and oxygen atoms in total. The largest absolute Gasteiger partial charge is 0.322 e. The van der Waals surface area contributed by atoms with Gasteiger partial charge < -0.3 is 5.32 Å². The van der Waals surface area contributed by atoms with Crippen molar-refractivity contribution < 1.29 is 4.79 Å². The van der Waals surface area contributed by atoms with E-state index in [0.29, 0.717) is 6.42 Å². The van der Waals surface area contributed by atoms with Gasteiger partial charge in [-0.25, -0.2) is 0 Å². The summed E-state index contributed by atoms with van der Waals surface area (Å²) in [6.07, 6.45) is 2.61. The number of benzene rings is 2. The minimum Gasteiger partial charge on any atom is -0.322 e. The van der Waals surface area contributed by atoms with Crippen LogP contribution < -0.4 is 5.32 Å². The van der Waals surface area contributed by atoms with E-state index in [0.717, 1.165) is 26.9 Å². The highest BCUT2D eigenvalue weighted by atomic mass is 79.9. The van der Waals surface area contributed by atoms with Crippen LogP contribution in [0.4, 0.5) is 5.69 Å². The Morgan fingerprint density at radius 3 is 2.63 bits per heavy atom. The van der Waals surface area contributed by atoms with E-state index in [4.69, 9.17) is 0 Å². The fourth-order valence-electron chi connectivity index (χ4n) is 2.18. The number of amides is 1. The van der Waals surface area contributed by atoms with Crippen LogP contribution in [0.2, 0.25) is 0 Å². The highest BCUT2D eigenvalue weighted by Crippen LogP contribution is 2.27. The van der Waals surface area contributed by atoms with E-state index in [1.54, 1.807) is 0 Å². The normalized spacial score (nSPS) is 16.1. The lowest BCUT2D eigenvalue weighted by atomic mass is 9.97. The molecular formula is C16H12BrNO. The lowest BCUT2D eigenvalue weighted by Gasteiger charge is -2.19. The molecule has 1 aliphatic rings. The molecule has 1 aliphatic heterocycles. The van der Waals surface area contributed by atoms with Crippen molar-refractivity contribution in [3.8, 4) is 0 Å². The van der Waals surface area contributed by atoms with Crippen molar-refractivity contribution in [3.05, 3.63) is 69.7 Å². The highest BCUT2D eigenvalue weighted by Gasteiger charge is 2.19. The minimum absolute atomic E-state index is 0.0190. The molecule has 0 bridgehead atoms. The van der Waals surface area contributed by atoms with Gasteiger partial charge in [-0.3, -0.25) is 4.79 Å². The summed E-state index contributed by atoms with van der Waals surface area (Å²) >= 11 is 3.50. The Labute approximate surface area is 120 Å². The summed E-state index contributed by atoms with van der Waals surface area (Å²) in [5.74, 6) is -0.0190. The zero-order valence-electron chi connectivity index (χ0n) is 10.2. The average Bonchev–Trinajstić information content (AvgIpc) is 2.42. The van der Waals surface area contributed by atoms with Crippen molar-refractivity contribution in [3.63, 3.8) is 0 Å². The van der Waals surface area contributed by atoms with E-state index in [-0.39, 0.29) is 5.91 Å². The molecule has 19 heavy (non-hydrogen) atoms. The maximum Gasteiger partial charge on any atom is 0.251 e.